The molecule has 0 unspecified atom stereocenters. The first-order valence-electron chi connectivity index (χ1n) is 11.4. The molecule has 5 rings (SSSR count). The van der Waals surface area contributed by atoms with Crippen LogP contribution in [0.3, 0.4) is 0 Å². The highest BCUT2D eigenvalue weighted by molar-refractivity contribution is 5.95. The second kappa shape index (κ2) is 6.21. The lowest BCUT2D eigenvalue weighted by atomic mass is 9.41. The van der Waals surface area contributed by atoms with Crippen LogP contribution in [0.1, 0.15) is 71.6 Å². The zero-order valence-corrected chi connectivity index (χ0v) is 17.6. The highest BCUT2D eigenvalue weighted by atomic mass is 16.2. The van der Waals surface area contributed by atoms with Crippen molar-refractivity contribution < 1.29 is 4.79 Å². The fraction of sp³-hybridized carbons (Fsp3) is 0.654. The maximum atomic E-state index is 13.5. The molecule has 1 spiro atoms. The van der Waals surface area contributed by atoms with Crippen LogP contribution in [0.2, 0.25) is 0 Å². The van der Waals surface area contributed by atoms with Crippen LogP contribution in [0.15, 0.2) is 42.5 Å². The van der Waals surface area contributed by atoms with Crippen molar-refractivity contribution in [2.24, 2.45) is 34.0 Å². The number of amides is 1. The van der Waals surface area contributed by atoms with Crippen molar-refractivity contribution in [1.82, 2.24) is 0 Å². The van der Waals surface area contributed by atoms with Crippen LogP contribution in [0.5, 0.6) is 0 Å². The van der Waals surface area contributed by atoms with Gasteiger partial charge >= 0.3 is 0 Å². The summed E-state index contributed by atoms with van der Waals surface area (Å²) in [7, 11) is 0. The summed E-state index contributed by atoms with van der Waals surface area (Å²) in [5.41, 5.74) is 3.01. The minimum Gasteiger partial charge on any atom is -0.326 e. The molecule has 6 atom stereocenters. The number of para-hydroxylation sites is 1. The van der Waals surface area contributed by atoms with E-state index in [-0.39, 0.29) is 11.3 Å². The number of allylic oxidation sites excluding steroid dienone is 1. The summed E-state index contributed by atoms with van der Waals surface area (Å²) < 4.78 is 0. The molecule has 0 aliphatic heterocycles. The predicted octanol–water partition coefficient (Wildman–Crippen LogP) is 6.59. The number of nitrogens with one attached hydrogen (secondary N) is 1. The van der Waals surface area contributed by atoms with Gasteiger partial charge in [0.2, 0.25) is 5.91 Å². The quantitative estimate of drug-likeness (QED) is 0.578. The molecule has 28 heavy (non-hydrogen) atoms. The molecule has 0 heterocycles. The van der Waals surface area contributed by atoms with Crippen LogP contribution >= 0.6 is 0 Å². The molecule has 0 radical (unpaired) electrons. The van der Waals surface area contributed by atoms with Crippen molar-refractivity contribution in [3.8, 4) is 0 Å². The molecule has 0 aromatic heterocycles. The van der Waals surface area contributed by atoms with E-state index in [1.807, 2.05) is 30.3 Å². The molecule has 1 aromatic rings. The fourth-order valence-electron chi connectivity index (χ4n) is 8.42. The van der Waals surface area contributed by atoms with E-state index in [2.05, 4.69) is 25.7 Å². The molecular formula is C26H35NO. The number of rotatable bonds is 2. The van der Waals surface area contributed by atoms with Crippen LogP contribution in [0.4, 0.5) is 5.69 Å². The van der Waals surface area contributed by atoms with Gasteiger partial charge in [-0.05, 0) is 92.1 Å². The van der Waals surface area contributed by atoms with Gasteiger partial charge in [-0.15, -0.1) is 0 Å². The average Bonchev–Trinajstić information content (AvgIpc) is 2.90. The second-order valence-electron chi connectivity index (χ2n) is 10.9. The van der Waals surface area contributed by atoms with Crippen molar-refractivity contribution in [2.75, 3.05) is 5.32 Å². The summed E-state index contributed by atoms with van der Waals surface area (Å²) >= 11 is 0. The summed E-state index contributed by atoms with van der Waals surface area (Å²) in [6.07, 6.45) is 11.4. The Kier molecular flexibility index (Phi) is 4.09. The molecule has 150 valence electrons. The number of anilines is 1. The van der Waals surface area contributed by atoms with E-state index in [4.69, 9.17) is 0 Å². The SMILES string of the molecule is C=C1C[C@@]23CC[C@H]4[C@@](C)(CCC[C@@]4(C)C(=O)Nc4ccccc4)[C@@H]2CC[C@@H]1C3. The Balaban J connectivity index is 1.46. The average molecular weight is 378 g/mol. The fourth-order valence-corrected chi connectivity index (χ4v) is 8.42. The number of hydrogen-bond donors (Lipinski definition) is 1. The summed E-state index contributed by atoms with van der Waals surface area (Å²) in [4.78, 5) is 13.5. The van der Waals surface area contributed by atoms with Gasteiger partial charge in [-0.25, -0.2) is 0 Å². The second-order valence-corrected chi connectivity index (χ2v) is 10.9. The van der Waals surface area contributed by atoms with Crippen molar-refractivity contribution in [3.05, 3.63) is 42.5 Å². The molecule has 2 nitrogen and oxygen atoms in total. The lowest BCUT2D eigenvalue weighted by Gasteiger charge is -2.63. The molecule has 2 heteroatoms. The molecule has 1 N–H and O–H groups in total. The Morgan fingerprint density at radius 3 is 2.61 bits per heavy atom. The van der Waals surface area contributed by atoms with E-state index in [1.165, 1.54) is 56.9 Å². The standard InChI is InChI=1S/C26H35NO/c1-18-16-26-15-12-21-24(2,22(26)11-10-19(18)17-26)13-7-14-25(21,3)23(28)27-20-8-5-4-6-9-20/h4-6,8-9,19,21-22H,1,7,10-17H2,2-3H3,(H,27,28)/t19-,21+,22+,24-,25-,26-/m1/s1. The predicted molar refractivity (Wildman–Crippen MR) is 115 cm³/mol. The first-order chi connectivity index (χ1) is 13.4. The smallest absolute Gasteiger partial charge is 0.230 e. The van der Waals surface area contributed by atoms with E-state index >= 15 is 0 Å². The lowest BCUT2D eigenvalue weighted by molar-refractivity contribution is -0.163. The number of hydrogen-bond acceptors (Lipinski definition) is 1. The maximum Gasteiger partial charge on any atom is 0.230 e. The van der Waals surface area contributed by atoms with Crippen molar-refractivity contribution >= 4 is 11.6 Å². The van der Waals surface area contributed by atoms with Gasteiger partial charge < -0.3 is 5.32 Å². The van der Waals surface area contributed by atoms with Gasteiger partial charge in [-0.2, -0.15) is 0 Å². The topological polar surface area (TPSA) is 29.1 Å². The van der Waals surface area contributed by atoms with E-state index in [0.29, 0.717) is 16.7 Å². The van der Waals surface area contributed by atoms with Gasteiger partial charge in [0.15, 0.2) is 0 Å². The Morgan fingerprint density at radius 1 is 1.04 bits per heavy atom. The maximum absolute atomic E-state index is 13.5. The highest BCUT2D eigenvalue weighted by Crippen LogP contribution is 2.72. The molecule has 0 saturated heterocycles. The van der Waals surface area contributed by atoms with Gasteiger partial charge in [0.05, 0.1) is 5.41 Å². The number of benzene rings is 1. The third kappa shape index (κ3) is 2.49. The van der Waals surface area contributed by atoms with Gasteiger partial charge in [0, 0.05) is 5.69 Å². The van der Waals surface area contributed by atoms with E-state index < -0.39 is 0 Å². The highest BCUT2D eigenvalue weighted by Gasteiger charge is 2.64. The largest absolute Gasteiger partial charge is 0.326 e. The molecule has 2 bridgehead atoms. The molecule has 4 fully saturated rings. The monoisotopic (exact) mass is 377 g/mol. The van der Waals surface area contributed by atoms with Crippen molar-refractivity contribution in [2.45, 2.75) is 71.6 Å². The summed E-state index contributed by atoms with van der Waals surface area (Å²) in [6, 6.07) is 10.0. The van der Waals surface area contributed by atoms with Crippen molar-refractivity contribution in [3.63, 3.8) is 0 Å². The molecule has 4 aliphatic carbocycles. The van der Waals surface area contributed by atoms with Crippen molar-refractivity contribution in [1.29, 1.82) is 0 Å². The van der Waals surface area contributed by atoms with Gasteiger partial charge in [0.25, 0.3) is 0 Å². The van der Waals surface area contributed by atoms with Crippen LogP contribution in [0.25, 0.3) is 0 Å². The van der Waals surface area contributed by atoms with Crippen LogP contribution < -0.4 is 5.32 Å². The Hall–Kier alpha value is -1.57. The summed E-state index contributed by atoms with van der Waals surface area (Å²) in [5, 5.41) is 3.26. The zero-order valence-electron chi connectivity index (χ0n) is 17.6. The zero-order chi connectivity index (χ0) is 19.6. The number of carbonyl (C=O) groups is 1. The van der Waals surface area contributed by atoms with Gasteiger partial charge in [-0.1, -0.05) is 50.6 Å². The first-order valence-corrected chi connectivity index (χ1v) is 11.4. The lowest BCUT2D eigenvalue weighted by Crippen LogP contribution is -2.59. The van der Waals surface area contributed by atoms with Gasteiger partial charge in [0.1, 0.15) is 0 Å². The Bertz CT molecular complexity index is 800. The Morgan fingerprint density at radius 2 is 1.82 bits per heavy atom. The van der Waals surface area contributed by atoms with Gasteiger partial charge in [-0.3, -0.25) is 4.79 Å². The first kappa shape index (κ1) is 18.5. The van der Waals surface area contributed by atoms with E-state index in [9.17, 15) is 4.79 Å². The van der Waals surface area contributed by atoms with E-state index in [0.717, 1.165) is 23.9 Å². The summed E-state index contributed by atoms with van der Waals surface area (Å²) in [6.45, 7) is 9.27. The molecule has 4 aliphatic rings. The molecule has 4 saturated carbocycles. The third-order valence-corrected chi connectivity index (χ3v) is 9.61. The molecule has 1 amide bonds. The number of carbonyl (C=O) groups excluding carboxylic acids is 1. The van der Waals surface area contributed by atoms with E-state index in [1.54, 1.807) is 0 Å². The third-order valence-electron chi connectivity index (χ3n) is 9.61. The normalized spacial score (nSPS) is 44.5. The molecule has 1 aromatic carbocycles. The number of fused-ring (bicyclic) bond motifs is 3. The minimum atomic E-state index is -0.253. The minimum absolute atomic E-state index is 0.245. The van der Waals surface area contributed by atoms with Crippen LogP contribution in [0, 0.1) is 34.0 Å². The summed E-state index contributed by atoms with van der Waals surface area (Å²) in [5.74, 6) is 2.31. The van der Waals surface area contributed by atoms with Crippen LogP contribution in [-0.4, -0.2) is 5.91 Å². The van der Waals surface area contributed by atoms with Crippen LogP contribution in [-0.2, 0) is 4.79 Å². The Labute approximate surface area is 170 Å². The molecular weight excluding hydrogens is 342 g/mol.